The van der Waals surface area contributed by atoms with Crippen LogP contribution < -0.4 is 5.32 Å². The van der Waals surface area contributed by atoms with Gasteiger partial charge in [-0.05, 0) is 19.9 Å². The molecule has 1 aliphatic rings. The molecule has 0 aromatic carbocycles. The first kappa shape index (κ1) is 7.35. The molecule has 0 fully saturated rings. The third kappa shape index (κ3) is 1.39. The number of allylic oxidation sites excluding steroid dienone is 3. The van der Waals surface area contributed by atoms with Crippen LogP contribution in [0.1, 0.15) is 13.8 Å². The van der Waals surface area contributed by atoms with Gasteiger partial charge in [-0.3, -0.25) is 0 Å². The van der Waals surface area contributed by atoms with Crippen LogP contribution in [0.3, 0.4) is 0 Å². The molecule has 0 spiro atoms. The lowest BCUT2D eigenvalue weighted by molar-refractivity contribution is 0.216. The zero-order valence-corrected chi connectivity index (χ0v) is 6.39. The summed E-state index contributed by atoms with van der Waals surface area (Å²) in [5.41, 5.74) is 0.845. The van der Waals surface area contributed by atoms with Gasteiger partial charge in [0.05, 0.1) is 12.1 Å². The Labute approximate surface area is 61.3 Å². The number of nitrogens with one attached hydrogen (secondary N) is 1. The summed E-state index contributed by atoms with van der Waals surface area (Å²) in [5.74, 6) is 0. The molecule has 1 unspecified atom stereocenters. The molecule has 0 aliphatic carbocycles. The summed E-state index contributed by atoms with van der Waals surface area (Å²) in [5, 5.41) is 12.1. The highest BCUT2D eigenvalue weighted by atomic mass is 16.3. The highest BCUT2D eigenvalue weighted by Crippen LogP contribution is 2.11. The van der Waals surface area contributed by atoms with Gasteiger partial charge in [0.25, 0.3) is 0 Å². The molecule has 2 nitrogen and oxygen atoms in total. The first-order chi connectivity index (χ1) is 4.66. The maximum absolute atomic E-state index is 8.93. The predicted octanol–water partition coefficient (Wildman–Crippen LogP) is 0.801. The Morgan fingerprint density at radius 3 is 2.80 bits per heavy atom. The van der Waals surface area contributed by atoms with Crippen LogP contribution in [0.2, 0.25) is 0 Å². The highest BCUT2D eigenvalue weighted by Gasteiger charge is 2.20. The van der Waals surface area contributed by atoms with Crippen LogP contribution in [-0.2, 0) is 0 Å². The Morgan fingerprint density at radius 1 is 1.70 bits per heavy atom. The summed E-state index contributed by atoms with van der Waals surface area (Å²) in [6.45, 7) is 4.08. The van der Waals surface area contributed by atoms with Gasteiger partial charge in [0.1, 0.15) is 0 Å². The monoisotopic (exact) mass is 139 g/mol. The number of aliphatic hydroxyl groups excluding tert-OH is 1. The van der Waals surface area contributed by atoms with Crippen molar-refractivity contribution in [3.8, 4) is 0 Å². The quantitative estimate of drug-likeness (QED) is 0.563. The topological polar surface area (TPSA) is 32.3 Å². The van der Waals surface area contributed by atoms with Crippen LogP contribution in [0.25, 0.3) is 0 Å². The van der Waals surface area contributed by atoms with Gasteiger partial charge >= 0.3 is 0 Å². The molecule has 0 saturated carbocycles. The Kier molecular flexibility index (Phi) is 1.81. The fourth-order valence-electron chi connectivity index (χ4n) is 1.03. The third-order valence-electron chi connectivity index (χ3n) is 1.62. The molecule has 1 atom stereocenters. The summed E-state index contributed by atoms with van der Waals surface area (Å²) in [4.78, 5) is 0. The summed E-state index contributed by atoms with van der Waals surface area (Å²) in [6.07, 6.45) is 5.90. The molecule has 1 heterocycles. The van der Waals surface area contributed by atoms with Gasteiger partial charge in [-0.15, -0.1) is 0 Å². The molecule has 0 amide bonds. The molecule has 2 heteroatoms. The van der Waals surface area contributed by atoms with E-state index in [-0.39, 0.29) is 12.1 Å². The summed E-state index contributed by atoms with van der Waals surface area (Å²) < 4.78 is 0. The lowest BCUT2D eigenvalue weighted by Crippen LogP contribution is -2.43. The molecule has 0 bridgehead atoms. The van der Waals surface area contributed by atoms with Crippen LogP contribution in [0, 0.1) is 0 Å². The zero-order chi connectivity index (χ0) is 7.61. The van der Waals surface area contributed by atoms with E-state index in [2.05, 4.69) is 5.32 Å². The van der Waals surface area contributed by atoms with Crippen molar-refractivity contribution in [1.29, 1.82) is 0 Å². The molecule has 1 rings (SSSR count). The van der Waals surface area contributed by atoms with E-state index in [0.717, 1.165) is 5.70 Å². The second kappa shape index (κ2) is 2.46. The molecule has 0 saturated heterocycles. The van der Waals surface area contributed by atoms with Crippen molar-refractivity contribution in [3.63, 3.8) is 0 Å². The largest absolute Gasteiger partial charge is 0.394 e. The van der Waals surface area contributed by atoms with Crippen molar-refractivity contribution >= 4 is 0 Å². The second-order valence-electron chi connectivity index (χ2n) is 2.91. The maximum Gasteiger partial charge on any atom is 0.0759 e. The van der Waals surface area contributed by atoms with Gasteiger partial charge in [0, 0.05) is 5.70 Å². The summed E-state index contributed by atoms with van der Waals surface area (Å²) in [7, 11) is 0. The lowest BCUT2D eigenvalue weighted by atomic mass is 10.00. The number of dihydropyridines is 1. The van der Waals surface area contributed by atoms with Gasteiger partial charge in [-0.1, -0.05) is 12.2 Å². The molecule has 1 aliphatic heterocycles. The van der Waals surface area contributed by atoms with Gasteiger partial charge < -0.3 is 10.4 Å². The average Bonchev–Trinajstić information content (AvgIpc) is 1.88. The van der Waals surface area contributed by atoms with E-state index in [0.29, 0.717) is 0 Å². The minimum absolute atomic E-state index is 0.134. The number of hydrogen-bond donors (Lipinski definition) is 2. The van der Waals surface area contributed by atoms with E-state index >= 15 is 0 Å². The minimum Gasteiger partial charge on any atom is -0.394 e. The average molecular weight is 139 g/mol. The summed E-state index contributed by atoms with van der Waals surface area (Å²) >= 11 is 0. The number of aliphatic hydroxyl groups is 1. The predicted molar refractivity (Wildman–Crippen MR) is 41.5 cm³/mol. The Morgan fingerprint density at radius 2 is 2.40 bits per heavy atom. The standard InChI is InChI=1S/C8H13NO/c1-7-4-3-5-8(2,6-10)9-7/h3-5,9-10H,6H2,1-2H3. The molecule has 56 valence electrons. The van der Waals surface area contributed by atoms with Crippen molar-refractivity contribution < 1.29 is 5.11 Å². The SMILES string of the molecule is CC1=CC=CC(C)(CO)N1. The fourth-order valence-corrected chi connectivity index (χ4v) is 1.03. The smallest absolute Gasteiger partial charge is 0.0759 e. The van der Waals surface area contributed by atoms with Crippen molar-refractivity contribution in [2.24, 2.45) is 0 Å². The molecule has 10 heavy (non-hydrogen) atoms. The van der Waals surface area contributed by atoms with E-state index in [1.165, 1.54) is 0 Å². The van der Waals surface area contributed by atoms with Crippen LogP contribution in [0.15, 0.2) is 23.9 Å². The molecule has 0 aromatic rings. The minimum atomic E-state index is -0.251. The van der Waals surface area contributed by atoms with Crippen molar-refractivity contribution in [2.45, 2.75) is 19.4 Å². The molecule has 0 radical (unpaired) electrons. The van der Waals surface area contributed by atoms with Gasteiger partial charge in [0.2, 0.25) is 0 Å². The van der Waals surface area contributed by atoms with E-state index in [1.807, 2.05) is 32.1 Å². The van der Waals surface area contributed by atoms with E-state index in [9.17, 15) is 0 Å². The Balaban J connectivity index is 2.71. The first-order valence-corrected chi connectivity index (χ1v) is 3.41. The fraction of sp³-hybridized carbons (Fsp3) is 0.500. The van der Waals surface area contributed by atoms with Crippen LogP contribution >= 0.6 is 0 Å². The van der Waals surface area contributed by atoms with Crippen molar-refractivity contribution in [1.82, 2.24) is 5.32 Å². The van der Waals surface area contributed by atoms with E-state index in [4.69, 9.17) is 5.11 Å². The van der Waals surface area contributed by atoms with Gasteiger partial charge in [0.15, 0.2) is 0 Å². The molecular formula is C8H13NO. The van der Waals surface area contributed by atoms with Crippen molar-refractivity contribution in [3.05, 3.63) is 23.9 Å². The summed E-state index contributed by atoms with van der Waals surface area (Å²) in [6, 6.07) is 0. The van der Waals surface area contributed by atoms with E-state index < -0.39 is 0 Å². The number of hydrogen-bond acceptors (Lipinski definition) is 2. The van der Waals surface area contributed by atoms with Crippen molar-refractivity contribution in [2.75, 3.05) is 6.61 Å². The zero-order valence-electron chi connectivity index (χ0n) is 6.39. The van der Waals surface area contributed by atoms with Crippen LogP contribution in [-0.4, -0.2) is 17.3 Å². The van der Waals surface area contributed by atoms with Gasteiger partial charge in [-0.2, -0.15) is 0 Å². The van der Waals surface area contributed by atoms with Crippen LogP contribution in [0.4, 0.5) is 0 Å². The first-order valence-electron chi connectivity index (χ1n) is 3.41. The normalized spacial score (nSPS) is 31.3. The Hall–Kier alpha value is -0.760. The maximum atomic E-state index is 8.93. The second-order valence-corrected chi connectivity index (χ2v) is 2.91. The third-order valence-corrected chi connectivity index (χ3v) is 1.62. The Bertz CT molecular complexity index is 184. The van der Waals surface area contributed by atoms with Crippen LogP contribution in [0.5, 0.6) is 0 Å². The lowest BCUT2D eigenvalue weighted by Gasteiger charge is -2.28. The number of rotatable bonds is 1. The van der Waals surface area contributed by atoms with Gasteiger partial charge in [-0.25, -0.2) is 0 Å². The van der Waals surface area contributed by atoms with E-state index in [1.54, 1.807) is 0 Å². The molecular weight excluding hydrogens is 126 g/mol. The highest BCUT2D eigenvalue weighted by molar-refractivity contribution is 5.23. The molecule has 2 N–H and O–H groups in total. The molecule has 0 aromatic heterocycles.